The molecule has 5 N–H and O–H groups in total. The van der Waals surface area contributed by atoms with E-state index in [-0.39, 0.29) is 18.7 Å². The van der Waals surface area contributed by atoms with Gasteiger partial charge in [-0.15, -0.1) is 0 Å². The largest absolute Gasteiger partial charge is 0.497 e. The molecule has 0 radical (unpaired) electrons. The zero-order valence-corrected chi connectivity index (χ0v) is 21.4. The molecule has 1 aliphatic carbocycles. The van der Waals surface area contributed by atoms with E-state index in [4.69, 9.17) is 30.4 Å². The molecule has 0 saturated heterocycles. The van der Waals surface area contributed by atoms with Crippen LogP contribution in [-0.2, 0) is 23.8 Å². The second-order valence-corrected chi connectivity index (χ2v) is 8.62. The average molecular weight is 515 g/mol. The smallest absolute Gasteiger partial charge is 0.219 e. The van der Waals surface area contributed by atoms with Gasteiger partial charge < -0.3 is 35.7 Å². The molecule has 1 aromatic carbocycles. The van der Waals surface area contributed by atoms with Crippen molar-refractivity contribution in [2.45, 2.75) is 18.9 Å². The quantitative estimate of drug-likeness (QED) is 0.389. The number of methoxy groups -OCH3 is 4. The van der Waals surface area contributed by atoms with Crippen molar-refractivity contribution in [3.05, 3.63) is 58.7 Å². The molecule has 10 nitrogen and oxygen atoms in total. The molecular formula is C25H30N4O6S. The Morgan fingerprint density at radius 1 is 1.14 bits per heavy atom. The van der Waals surface area contributed by atoms with Gasteiger partial charge in [-0.1, -0.05) is 12.1 Å². The first kappa shape index (κ1) is 26.8. The Morgan fingerprint density at radius 3 is 2.56 bits per heavy atom. The van der Waals surface area contributed by atoms with Crippen molar-refractivity contribution in [3.63, 3.8) is 0 Å². The highest BCUT2D eigenvalue weighted by Gasteiger charge is 2.22. The van der Waals surface area contributed by atoms with E-state index in [1.165, 1.54) is 11.5 Å². The molecule has 36 heavy (non-hydrogen) atoms. The van der Waals surface area contributed by atoms with Crippen LogP contribution in [0.25, 0.3) is 16.7 Å². The number of carbonyl (C=O) groups excluding carboxylic acids is 2. The summed E-state index contributed by atoms with van der Waals surface area (Å²) in [5.41, 5.74) is 14.2. The lowest BCUT2D eigenvalue weighted by molar-refractivity contribution is -0.124. The third-order valence-electron chi connectivity index (χ3n) is 5.57. The minimum Gasteiger partial charge on any atom is -0.497 e. The monoisotopic (exact) mass is 514 g/mol. The van der Waals surface area contributed by atoms with E-state index >= 15 is 0 Å². The Labute approximate surface area is 213 Å². The van der Waals surface area contributed by atoms with Crippen LogP contribution in [0.5, 0.6) is 5.75 Å². The normalized spacial score (nSPS) is 14.2. The number of hydrogen-bond acceptors (Lipinski definition) is 10. The summed E-state index contributed by atoms with van der Waals surface area (Å²) in [5.74, 6) is 1.32. The standard InChI is InChI=1S/C25H30N4O6S/c1-32-20-7-5-14(9-18(20)28-13-19(30)17(26)11-23(27)31)16-12-29-36-25(16)15-6-8-21(33-2)24(35-4)22(10-15)34-3/h5-7,9-10,12,17,28H,8,11,13,26H2,1-4H3,(H2,27,31). The molecule has 1 heterocycles. The first-order valence-corrected chi connectivity index (χ1v) is 11.8. The van der Waals surface area contributed by atoms with Gasteiger partial charge in [0.15, 0.2) is 17.3 Å². The van der Waals surface area contributed by atoms with Crippen molar-refractivity contribution in [1.82, 2.24) is 4.37 Å². The molecule has 1 unspecified atom stereocenters. The third-order valence-corrected chi connectivity index (χ3v) is 6.42. The van der Waals surface area contributed by atoms with Crippen LogP contribution in [0.15, 0.2) is 53.8 Å². The van der Waals surface area contributed by atoms with Gasteiger partial charge in [0, 0.05) is 24.6 Å². The Kier molecular flexibility index (Phi) is 9.09. The van der Waals surface area contributed by atoms with Crippen LogP contribution in [-0.4, -0.2) is 57.1 Å². The van der Waals surface area contributed by atoms with Gasteiger partial charge in [-0.25, -0.2) is 0 Å². The topological polar surface area (TPSA) is 148 Å². The highest BCUT2D eigenvalue weighted by molar-refractivity contribution is 7.07. The molecule has 0 aliphatic heterocycles. The number of rotatable bonds is 12. The molecule has 0 spiro atoms. The molecular weight excluding hydrogens is 484 g/mol. The summed E-state index contributed by atoms with van der Waals surface area (Å²) in [5, 5.41) is 3.06. The summed E-state index contributed by atoms with van der Waals surface area (Å²) in [6, 6.07) is 4.62. The van der Waals surface area contributed by atoms with Crippen LogP contribution in [0.4, 0.5) is 5.69 Å². The molecule has 0 saturated carbocycles. The van der Waals surface area contributed by atoms with Gasteiger partial charge in [-0.2, -0.15) is 4.37 Å². The highest BCUT2D eigenvalue weighted by atomic mass is 32.1. The lowest BCUT2D eigenvalue weighted by atomic mass is 10.0. The SMILES string of the molecule is COC1=CC(c2sncc2-c2ccc(OC)c(NCC(=O)C(N)CC(N)=O)c2)=CCC(OC)=C1OC. The summed E-state index contributed by atoms with van der Waals surface area (Å²) in [6.45, 7) is -0.0840. The number of ketones is 1. The molecule has 11 heteroatoms. The maximum atomic E-state index is 12.3. The number of nitrogens with two attached hydrogens (primary N) is 2. The van der Waals surface area contributed by atoms with Crippen molar-refractivity contribution in [2.24, 2.45) is 11.5 Å². The van der Waals surface area contributed by atoms with E-state index < -0.39 is 11.9 Å². The van der Waals surface area contributed by atoms with Crippen LogP contribution in [0.3, 0.4) is 0 Å². The van der Waals surface area contributed by atoms with Gasteiger partial charge in [0.05, 0.1) is 51.6 Å². The number of primary amides is 1. The van der Waals surface area contributed by atoms with E-state index in [2.05, 4.69) is 9.69 Å². The summed E-state index contributed by atoms with van der Waals surface area (Å²) in [6.07, 6.45) is 6.01. The van der Waals surface area contributed by atoms with E-state index in [1.807, 2.05) is 24.3 Å². The van der Waals surface area contributed by atoms with Crippen molar-refractivity contribution in [3.8, 4) is 16.9 Å². The number of ether oxygens (including phenoxy) is 4. The molecule has 192 valence electrons. The van der Waals surface area contributed by atoms with E-state index in [9.17, 15) is 9.59 Å². The number of anilines is 1. The van der Waals surface area contributed by atoms with E-state index in [0.29, 0.717) is 35.1 Å². The van der Waals surface area contributed by atoms with Crippen LogP contribution in [0.2, 0.25) is 0 Å². The Bertz CT molecular complexity index is 1220. The second kappa shape index (κ2) is 12.2. The van der Waals surface area contributed by atoms with Crippen molar-refractivity contribution >= 4 is 34.5 Å². The first-order valence-electron chi connectivity index (χ1n) is 11.0. The number of benzene rings is 1. The Morgan fingerprint density at radius 2 is 1.92 bits per heavy atom. The minimum atomic E-state index is -0.969. The predicted molar refractivity (Wildman–Crippen MR) is 138 cm³/mol. The van der Waals surface area contributed by atoms with Gasteiger partial charge in [-0.3, -0.25) is 9.59 Å². The van der Waals surface area contributed by atoms with Gasteiger partial charge in [0.1, 0.15) is 11.5 Å². The lowest BCUT2D eigenvalue weighted by Gasteiger charge is -2.15. The van der Waals surface area contributed by atoms with Crippen LogP contribution in [0, 0.1) is 0 Å². The molecule has 1 aliphatic rings. The Hall–Kier alpha value is -3.83. The molecule has 1 aromatic heterocycles. The fourth-order valence-electron chi connectivity index (χ4n) is 3.71. The number of nitrogens with zero attached hydrogens (tertiary/aromatic N) is 1. The minimum absolute atomic E-state index is 0.0840. The molecule has 3 rings (SSSR count). The first-order chi connectivity index (χ1) is 17.3. The second-order valence-electron chi connectivity index (χ2n) is 7.82. The highest BCUT2D eigenvalue weighted by Crippen LogP contribution is 2.39. The summed E-state index contributed by atoms with van der Waals surface area (Å²) < 4.78 is 26.5. The van der Waals surface area contributed by atoms with E-state index in [1.54, 1.807) is 40.7 Å². The zero-order valence-electron chi connectivity index (χ0n) is 20.6. The number of Topliss-reactive ketones (excluding diaryl/α,β-unsaturated/α-hetero) is 1. The summed E-state index contributed by atoms with van der Waals surface area (Å²) in [4.78, 5) is 24.3. The number of nitrogens with one attached hydrogen (secondary N) is 1. The lowest BCUT2D eigenvalue weighted by Crippen LogP contribution is -2.38. The molecule has 1 atom stereocenters. The molecule has 0 fully saturated rings. The molecule has 1 amide bonds. The predicted octanol–water partition coefficient (Wildman–Crippen LogP) is 2.82. The van der Waals surface area contributed by atoms with Gasteiger partial charge in [0.25, 0.3) is 0 Å². The number of aromatic nitrogens is 1. The third kappa shape index (κ3) is 6.04. The van der Waals surface area contributed by atoms with Crippen LogP contribution < -0.4 is 21.5 Å². The van der Waals surface area contributed by atoms with Crippen LogP contribution >= 0.6 is 11.5 Å². The maximum Gasteiger partial charge on any atom is 0.219 e. The maximum absolute atomic E-state index is 12.3. The van der Waals surface area contributed by atoms with Gasteiger partial charge in [-0.05, 0) is 40.9 Å². The Balaban J connectivity index is 1.92. The fraction of sp³-hybridized carbons (Fsp3) is 0.320. The van der Waals surface area contributed by atoms with Gasteiger partial charge >= 0.3 is 0 Å². The van der Waals surface area contributed by atoms with Crippen molar-refractivity contribution in [1.29, 1.82) is 0 Å². The van der Waals surface area contributed by atoms with Gasteiger partial charge in [0.2, 0.25) is 5.91 Å². The number of amides is 1. The molecule has 0 bridgehead atoms. The van der Waals surface area contributed by atoms with Crippen molar-refractivity contribution in [2.75, 3.05) is 40.3 Å². The van der Waals surface area contributed by atoms with Crippen molar-refractivity contribution < 1.29 is 28.5 Å². The molecule has 2 aromatic rings. The zero-order chi connectivity index (χ0) is 26.2. The average Bonchev–Trinajstić information content (AvgIpc) is 3.28. The number of carbonyl (C=O) groups is 2. The summed E-state index contributed by atoms with van der Waals surface area (Å²) in [7, 11) is 6.28. The van der Waals surface area contributed by atoms with Crippen LogP contribution in [0.1, 0.15) is 17.7 Å². The number of allylic oxidation sites excluding steroid dienone is 3. The summed E-state index contributed by atoms with van der Waals surface area (Å²) >= 11 is 1.35. The van der Waals surface area contributed by atoms with E-state index in [0.717, 1.165) is 21.6 Å². The fourth-order valence-corrected chi connectivity index (χ4v) is 4.49. The number of hydrogen-bond donors (Lipinski definition) is 3.